The number of methoxy groups -OCH3 is 1. The number of nitrogens with one attached hydrogen (secondary N) is 1. The molecule has 6 heteroatoms. The molecule has 0 aliphatic rings. The number of hydrogen-bond acceptors (Lipinski definition) is 4. The van der Waals surface area contributed by atoms with Gasteiger partial charge in [0.05, 0.1) is 7.11 Å². The first-order valence-corrected chi connectivity index (χ1v) is 8.99. The van der Waals surface area contributed by atoms with Gasteiger partial charge in [-0.15, -0.1) is 10.2 Å². The van der Waals surface area contributed by atoms with Crippen LogP contribution in [0.5, 0.6) is 5.75 Å². The fraction of sp³-hybridized carbons (Fsp3) is 0.286. The fourth-order valence-electron chi connectivity index (χ4n) is 2.88. The summed E-state index contributed by atoms with van der Waals surface area (Å²) in [7, 11) is 1.65. The van der Waals surface area contributed by atoms with Gasteiger partial charge in [-0.2, -0.15) is 0 Å². The molecule has 0 aliphatic heterocycles. The molecule has 0 radical (unpaired) electrons. The van der Waals surface area contributed by atoms with Crippen LogP contribution < -0.4 is 10.1 Å². The first kappa shape index (κ1) is 18.6. The number of rotatable bonds is 7. The van der Waals surface area contributed by atoms with Gasteiger partial charge >= 0.3 is 0 Å². The number of ether oxygens (including phenoxy) is 1. The average molecular weight is 364 g/mol. The smallest absolute Gasteiger partial charge is 0.251 e. The van der Waals surface area contributed by atoms with Crippen LogP contribution in [-0.4, -0.2) is 34.3 Å². The van der Waals surface area contributed by atoms with E-state index in [9.17, 15) is 4.79 Å². The van der Waals surface area contributed by atoms with E-state index in [1.807, 2.05) is 53.1 Å². The summed E-state index contributed by atoms with van der Waals surface area (Å²) in [5.41, 5.74) is 2.72. The second kappa shape index (κ2) is 8.49. The lowest BCUT2D eigenvalue weighted by molar-refractivity contribution is 0.0954. The highest BCUT2D eigenvalue weighted by Gasteiger charge is 2.09. The van der Waals surface area contributed by atoms with E-state index in [0.29, 0.717) is 24.6 Å². The topological polar surface area (TPSA) is 69.0 Å². The molecule has 2 aromatic carbocycles. The van der Waals surface area contributed by atoms with Crippen LogP contribution in [0.3, 0.4) is 0 Å². The third kappa shape index (κ3) is 4.53. The highest BCUT2D eigenvalue weighted by molar-refractivity contribution is 5.94. The molecule has 0 fully saturated rings. The Kier molecular flexibility index (Phi) is 5.86. The maximum atomic E-state index is 12.4. The molecule has 1 heterocycles. The predicted molar refractivity (Wildman–Crippen MR) is 105 cm³/mol. The van der Waals surface area contributed by atoms with Gasteiger partial charge in [0, 0.05) is 24.6 Å². The van der Waals surface area contributed by atoms with Gasteiger partial charge in [-0.1, -0.05) is 24.3 Å². The van der Waals surface area contributed by atoms with Crippen LogP contribution in [0.15, 0.2) is 54.9 Å². The lowest BCUT2D eigenvalue weighted by Crippen LogP contribution is -2.26. The molecule has 0 aliphatic carbocycles. The molecular weight excluding hydrogens is 340 g/mol. The molecule has 0 spiro atoms. The van der Waals surface area contributed by atoms with Gasteiger partial charge in [0.2, 0.25) is 0 Å². The van der Waals surface area contributed by atoms with Gasteiger partial charge in [0.15, 0.2) is 0 Å². The van der Waals surface area contributed by atoms with Crippen LogP contribution in [0, 0.1) is 0 Å². The summed E-state index contributed by atoms with van der Waals surface area (Å²) in [6.45, 7) is 4.67. The number of carbonyl (C=O) groups excluding carboxylic acids is 1. The van der Waals surface area contributed by atoms with Crippen LogP contribution in [0.4, 0.5) is 0 Å². The van der Waals surface area contributed by atoms with Crippen molar-refractivity contribution in [2.24, 2.45) is 0 Å². The van der Waals surface area contributed by atoms with Crippen molar-refractivity contribution >= 4 is 5.91 Å². The van der Waals surface area contributed by atoms with E-state index in [2.05, 4.69) is 29.4 Å². The Labute approximate surface area is 159 Å². The lowest BCUT2D eigenvalue weighted by Gasteiger charge is -2.10. The maximum Gasteiger partial charge on any atom is 0.251 e. The zero-order chi connectivity index (χ0) is 19.2. The summed E-state index contributed by atoms with van der Waals surface area (Å²) in [6.07, 6.45) is 2.37. The van der Waals surface area contributed by atoms with E-state index in [4.69, 9.17) is 4.74 Å². The molecule has 27 heavy (non-hydrogen) atoms. The minimum atomic E-state index is -0.0946. The van der Waals surface area contributed by atoms with Crippen LogP contribution in [0.25, 0.3) is 11.1 Å². The Balaban J connectivity index is 1.59. The van der Waals surface area contributed by atoms with Gasteiger partial charge in [-0.25, -0.2) is 0 Å². The van der Waals surface area contributed by atoms with E-state index < -0.39 is 0 Å². The van der Waals surface area contributed by atoms with E-state index in [1.165, 1.54) is 0 Å². The maximum absolute atomic E-state index is 12.4. The van der Waals surface area contributed by atoms with E-state index in [1.54, 1.807) is 13.4 Å². The molecule has 1 amide bonds. The number of hydrogen-bond donors (Lipinski definition) is 1. The molecule has 3 aromatic rings. The molecule has 3 rings (SSSR count). The van der Waals surface area contributed by atoms with Crippen LogP contribution in [-0.2, 0) is 6.42 Å². The first-order valence-electron chi connectivity index (χ1n) is 8.99. The highest BCUT2D eigenvalue weighted by Crippen LogP contribution is 2.24. The number of nitrogens with zero attached hydrogens (tertiary/aromatic N) is 3. The molecule has 0 bridgehead atoms. The molecule has 1 aromatic heterocycles. The van der Waals surface area contributed by atoms with Crippen molar-refractivity contribution in [2.45, 2.75) is 26.3 Å². The van der Waals surface area contributed by atoms with Gasteiger partial charge in [0.1, 0.15) is 17.9 Å². The van der Waals surface area contributed by atoms with E-state index >= 15 is 0 Å². The molecule has 6 nitrogen and oxygen atoms in total. The van der Waals surface area contributed by atoms with E-state index in [0.717, 1.165) is 22.7 Å². The lowest BCUT2D eigenvalue weighted by atomic mass is 10.0. The van der Waals surface area contributed by atoms with Crippen LogP contribution in [0.2, 0.25) is 0 Å². The van der Waals surface area contributed by atoms with Crippen LogP contribution >= 0.6 is 0 Å². The average Bonchev–Trinajstić information content (AvgIpc) is 3.17. The monoisotopic (exact) mass is 364 g/mol. The second-order valence-electron chi connectivity index (χ2n) is 6.56. The van der Waals surface area contributed by atoms with Crippen molar-refractivity contribution in [3.05, 3.63) is 66.2 Å². The molecule has 1 N–H and O–H groups in total. The SMILES string of the molecule is COc1cccc(-c2ccc(C(=O)NCCc3nncn3C(C)C)cc2)c1. The van der Waals surface area contributed by atoms with E-state index in [-0.39, 0.29) is 5.91 Å². The largest absolute Gasteiger partial charge is 0.497 e. The Hall–Kier alpha value is -3.15. The number of amides is 1. The number of carbonyl (C=O) groups is 1. The van der Waals surface area contributed by atoms with Crippen LogP contribution in [0.1, 0.15) is 36.1 Å². The zero-order valence-corrected chi connectivity index (χ0v) is 15.8. The Morgan fingerprint density at radius 2 is 1.93 bits per heavy atom. The Morgan fingerprint density at radius 3 is 2.63 bits per heavy atom. The predicted octanol–water partition coefficient (Wildman–Crippen LogP) is 3.51. The molecule has 0 saturated heterocycles. The summed E-state index contributed by atoms with van der Waals surface area (Å²) >= 11 is 0. The molecule has 0 saturated carbocycles. The van der Waals surface area contributed by atoms with Gasteiger partial charge in [0.25, 0.3) is 5.91 Å². The molecule has 0 atom stereocenters. The standard InChI is InChI=1S/C21H24N4O2/c1-15(2)25-14-23-24-20(25)11-12-22-21(26)17-9-7-16(8-10-17)18-5-4-6-19(13-18)27-3/h4-10,13-15H,11-12H2,1-3H3,(H,22,26). The molecule has 0 unspecified atom stereocenters. The minimum Gasteiger partial charge on any atom is -0.497 e. The second-order valence-corrected chi connectivity index (χ2v) is 6.56. The zero-order valence-electron chi connectivity index (χ0n) is 15.8. The third-order valence-corrected chi connectivity index (χ3v) is 4.39. The Morgan fingerprint density at radius 1 is 1.15 bits per heavy atom. The normalized spacial score (nSPS) is 10.8. The highest BCUT2D eigenvalue weighted by atomic mass is 16.5. The molecule has 140 valence electrons. The summed E-state index contributed by atoms with van der Waals surface area (Å²) in [5, 5.41) is 11.0. The summed E-state index contributed by atoms with van der Waals surface area (Å²) in [5.74, 6) is 1.59. The van der Waals surface area contributed by atoms with Crippen molar-refractivity contribution < 1.29 is 9.53 Å². The van der Waals surface area contributed by atoms with Crippen molar-refractivity contribution in [1.29, 1.82) is 0 Å². The van der Waals surface area contributed by atoms with Crippen molar-refractivity contribution in [3.63, 3.8) is 0 Å². The first-order chi connectivity index (χ1) is 13.1. The minimum absolute atomic E-state index is 0.0946. The molecular formula is C21H24N4O2. The van der Waals surface area contributed by atoms with Gasteiger partial charge in [-0.05, 0) is 49.2 Å². The van der Waals surface area contributed by atoms with Gasteiger partial charge < -0.3 is 14.6 Å². The fourth-order valence-corrected chi connectivity index (χ4v) is 2.88. The summed E-state index contributed by atoms with van der Waals surface area (Å²) in [4.78, 5) is 12.4. The van der Waals surface area contributed by atoms with Crippen molar-refractivity contribution in [3.8, 4) is 16.9 Å². The van der Waals surface area contributed by atoms with Crippen molar-refractivity contribution in [1.82, 2.24) is 20.1 Å². The number of benzene rings is 2. The third-order valence-electron chi connectivity index (χ3n) is 4.39. The van der Waals surface area contributed by atoms with Crippen molar-refractivity contribution in [2.75, 3.05) is 13.7 Å². The quantitative estimate of drug-likeness (QED) is 0.697. The van der Waals surface area contributed by atoms with Gasteiger partial charge in [-0.3, -0.25) is 4.79 Å². The summed E-state index contributed by atoms with van der Waals surface area (Å²) in [6, 6.07) is 15.7. The Bertz CT molecular complexity index is 901. The number of aromatic nitrogens is 3. The summed E-state index contributed by atoms with van der Waals surface area (Å²) < 4.78 is 7.27.